The molecule has 0 aliphatic carbocycles. The lowest BCUT2D eigenvalue weighted by Crippen LogP contribution is -2.23. The summed E-state index contributed by atoms with van der Waals surface area (Å²) >= 11 is 4.83. The molecule has 166 valence electrons. The zero-order valence-electron chi connectivity index (χ0n) is 18.2. The second kappa shape index (κ2) is 10.1. The van der Waals surface area contributed by atoms with Crippen LogP contribution in [0.1, 0.15) is 32.3 Å². The van der Waals surface area contributed by atoms with E-state index in [1.807, 2.05) is 91.9 Å². The van der Waals surface area contributed by atoms with E-state index in [9.17, 15) is 9.59 Å². The number of anilines is 1. The molecule has 0 saturated heterocycles. The largest absolute Gasteiger partial charge is 0.465 e. The summed E-state index contributed by atoms with van der Waals surface area (Å²) in [7, 11) is 1.35. The Kier molecular flexibility index (Phi) is 7.06. The van der Waals surface area contributed by atoms with Crippen molar-refractivity contribution in [2.75, 3.05) is 12.4 Å². The minimum atomic E-state index is -0.517. The topological polar surface area (TPSA) is 55.4 Å². The molecule has 1 amide bonds. The number of nitrogens with one attached hydrogen (secondary N) is 1. The summed E-state index contributed by atoms with van der Waals surface area (Å²) in [5.41, 5.74) is 3.78. The number of ether oxygens (including phenoxy) is 1. The predicted molar refractivity (Wildman–Crippen MR) is 137 cm³/mol. The molecule has 6 heteroatoms. The fourth-order valence-electron chi connectivity index (χ4n) is 3.86. The van der Waals surface area contributed by atoms with Crippen molar-refractivity contribution in [1.29, 1.82) is 0 Å². The fraction of sp³-hybridized carbons (Fsp3) is 0.111. The van der Waals surface area contributed by atoms with Crippen molar-refractivity contribution in [3.05, 3.63) is 111 Å². The molecular weight excluding hydrogens is 498 g/mol. The zero-order chi connectivity index (χ0) is 23.4. The van der Waals surface area contributed by atoms with Gasteiger partial charge < -0.3 is 10.1 Å². The standard InChI is InChI=1S/C27H22BrNO3S/c1-17-22(20-13-15-21(28)16-14-20)24(27(31)32-2)26(33-17)29-25(30)23(18-9-5-3-6-10-18)19-11-7-4-8-12-19/h3-16,23H,1-2H3,(H,29,30). The van der Waals surface area contributed by atoms with Gasteiger partial charge >= 0.3 is 5.97 Å². The van der Waals surface area contributed by atoms with E-state index in [0.29, 0.717) is 10.6 Å². The summed E-state index contributed by atoms with van der Waals surface area (Å²) in [5.74, 6) is -1.21. The van der Waals surface area contributed by atoms with Crippen LogP contribution in [0.4, 0.5) is 5.00 Å². The Morgan fingerprint density at radius 1 is 0.879 bits per heavy atom. The molecular formula is C27H22BrNO3S. The van der Waals surface area contributed by atoms with E-state index < -0.39 is 11.9 Å². The highest BCUT2D eigenvalue weighted by molar-refractivity contribution is 9.10. The number of methoxy groups -OCH3 is 1. The average molecular weight is 520 g/mol. The highest BCUT2D eigenvalue weighted by atomic mass is 79.9. The molecule has 0 saturated carbocycles. The van der Waals surface area contributed by atoms with E-state index in [1.54, 1.807) is 0 Å². The molecule has 1 N–H and O–H groups in total. The Morgan fingerprint density at radius 2 is 1.42 bits per heavy atom. The average Bonchev–Trinajstić information content (AvgIpc) is 3.16. The Balaban J connectivity index is 1.77. The number of aryl methyl sites for hydroxylation is 1. The number of hydrogen-bond acceptors (Lipinski definition) is 4. The van der Waals surface area contributed by atoms with E-state index in [2.05, 4.69) is 21.2 Å². The van der Waals surface area contributed by atoms with Gasteiger partial charge in [0, 0.05) is 14.9 Å². The lowest BCUT2D eigenvalue weighted by molar-refractivity contribution is -0.116. The molecule has 4 aromatic rings. The molecule has 33 heavy (non-hydrogen) atoms. The van der Waals surface area contributed by atoms with Gasteiger partial charge in [0.05, 0.1) is 13.0 Å². The maximum Gasteiger partial charge on any atom is 0.341 e. The van der Waals surface area contributed by atoms with Gasteiger partial charge in [0.25, 0.3) is 0 Å². The summed E-state index contributed by atoms with van der Waals surface area (Å²) in [5, 5.41) is 3.52. The maximum atomic E-state index is 13.6. The third-order valence-electron chi connectivity index (χ3n) is 5.37. The van der Waals surface area contributed by atoms with E-state index in [4.69, 9.17) is 4.74 Å². The molecule has 0 unspecified atom stereocenters. The molecule has 1 aromatic heterocycles. The van der Waals surface area contributed by atoms with E-state index in [0.717, 1.165) is 31.6 Å². The predicted octanol–water partition coefficient (Wildman–Crippen LogP) is 7.04. The minimum absolute atomic E-state index is 0.207. The molecule has 3 aromatic carbocycles. The molecule has 1 heterocycles. The van der Waals surface area contributed by atoms with E-state index in [-0.39, 0.29) is 5.91 Å². The number of benzene rings is 3. The maximum absolute atomic E-state index is 13.6. The lowest BCUT2D eigenvalue weighted by Gasteiger charge is -2.18. The first-order valence-electron chi connectivity index (χ1n) is 10.4. The van der Waals surface area contributed by atoms with Gasteiger partial charge in [0.15, 0.2) is 0 Å². The minimum Gasteiger partial charge on any atom is -0.465 e. The van der Waals surface area contributed by atoms with Gasteiger partial charge in [-0.1, -0.05) is 88.7 Å². The van der Waals surface area contributed by atoms with Crippen LogP contribution < -0.4 is 5.32 Å². The van der Waals surface area contributed by atoms with Gasteiger partial charge in [-0.25, -0.2) is 4.79 Å². The Morgan fingerprint density at radius 3 is 1.94 bits per heavy atom. The number of carbonyl (C=O) groups excluding carboxylic acids is 2. The molecule has 0 atom stereocenters. The van der Waals surface area contributed by atoms with Crippen LogP contribution in [0.25, 0.3) is 11.1 Å². The molecule has 0 bridgehead atoms. The van der Waals surface area contributed by atoms with Crippen molar-refractivity contribution in [1.82, 2.24) is 0 Å². The number of esters is 1. The van der Waals surface area contributed by atoms with E-state index in [1.165, 1.54) is 18.4 Å². The normalized spacial score (nSPS) is 10.8. The van der Waals surface area contributed by atoms with Crippen molar-refractivity contribution in [3.8, 4) is 11.1 Å². The smallest absolute Gasteiger partial charge is 0.341 e. The van der Waals surface area contributed by atoms with Gasteiger partial charge in [-0.3, -0.25) is 4.79 Å². The molecule has 4 rings (SSSR count). The lowest BCUT2D eigenvalue weighted by atomic mass is 9.90. The summed E-state index contributed by atoms with van der Waals surface area (Å²) in [4.78, 5) is 27.4. The summed E-state index contributed by atoms with van der Waals surface area (Å²) in [6.45, 7) is 1.94. The van der Waals surface area contributed by atoms with Crippen LogP contribution in [0.2, 0.25) is 0 Å². The van der Waals surface area contributed by atoms with Crippen LogP contribution in [0, 0.1) is 6.92 Å². The summed E-state index contributed by atoms with van der Waals surface area (Å²) in [6, 6.07) is 27.0. The van der Waals surface area contributed by atoms with Crippen LogP contribution in [-0.2, 0) is 9.53 Å². The van der Waals surface area contributed by atoms with Crippen molar-refractivity contribution in [2.45, 2.75) is 12.8 Å². The first-order valence-corrected chi connectivity index (χ1v) is 12.0. The van der Waals surface area contributed by atoms with Crippen molar-refractivity contribution < 1.29 is 14.3 Å². The van der Waals surface area contributed by atoms with Crippen LogP contribution in [-0.4, -0.2) is 19.0 Å². The number of rotatable bonds is 6. The fourth-order valence-corrected chi connectivity index (χ4v) is 5.20. The Bertz CT molecular complexity index is 1230. The Hall–Kier alpha value is -3.22. The highest BCUT2D eigenvalue weighted by Gasteiger charge is 2.28. The van der Waals surface area contributed by atoms with Crippen molar-refractivity contribution in [2.24, 2.45) is 0 Å². The highest BCUT2D eigenvalue weighted by Crippen LogP contribution is 2.41. The van der Waals surface area contributed by atoms with Gasteiger partial charge in [-0.05, 0) is 35.7 Å². The molecule has 0 fully saturated rings. The van der Waals surface area contributed by atoms with Crippen LogP contribution in [0.5, 0.6) is 0 Å². The monoisotopic (exact) mass is 519 g/mol. The number of amides is 1. The van der Waals surface area contributed by atoms with Gasteiger partial charge in [0.2, 0.25) is 5.91 Å². The Labute approximate surface area is 205 Å². The second-order valence-electron chi connectivity index (χ2n) is 7.48. The van der Waals surface area contributed by atoms with Crippen molar-refractivity contribution >= 4 is 44.1 Å². The number of thiophene rings is 1. The van der Waals surface area contributed by atoms with E-state index >= 15 is 0 Å². The number of halogens is 1. The van der Waals surface area contributed by atoms with Crippen LogP contribution in [0.15, 0.2) is 89.4 Å². The summed E-state index contributed by atoms with van der Waals surface area (Å²) in [6.07, 6.45) is 0. The first-order chi connectivity index (χ1) is 16.0. The number of hydrogen-bond donors (Lipinski definition) is 1. The molecule has 0 spiro atoms. The molecule has 0 aliphatic rings. The van der Waals surface area contributed by atoms with Gasteiger partial charge in [-0.2, -0.15) is 0 Å². The van der Waals surface area contributed by atoms with Crippen molar-refractivity contribution in [3.63, 3.8) is 0 Å². The van der Waals surface area contributed by atoms with Crippen LogP contribution in [0.3, 0.4) is 0 Å². The SMILES string of the molecule is COC(=O)c1c(NC(=O)C(c2ccccc2)c2ccccc2)sc(C)c1-c1ccc(Br)cc1. The van der Waals surface area contributed by atoms with Crippen LogP contribution >= 0.6 is 27.3 Å². The molecule has 4 nitrogen and oxygen atoms in total. The quantitative estimate of drug-likeness (QED) is 0.278. The third kappa shape index (κ3) is 4.92. The number of carbonyl (C=O) groups is 2. The molecule has 0 radical (unpaired) electrons. The first kappa shape index (κ1) is 23.0. The third-order valence-corrected chi connectivity index (χ3v) is 6.92. The zero-order valence-corrected chi connectivity index (χ0v) is 20.6. The van der Waals surface area contributed by atoms with Gasteiger partial charge in [-0.15, -0.1) is 11.3 Å². The summed E-state index contributed by atoms with van der Waals surface area (Å²) < 4.78 is 6.04. The molecule has 0 aliphatic heterocycles. The second-order valence-corrected chi connectivity index (χ2v) is 9.62. The van der Waals surface area contributed by atoms with Gasteiger partial charge in [0.1, 0.15) is 10.6 Å².